The zero-order chi connectivity index (χ0) is 28.5. The van der Waals surface area contributed by atoms with Crippen LogP contribution in [0.15, 0.2) is 60.7 Å². The van der Waals surface area contributed by atoms with Gasteiger partial charge in [-0.25, -0.2) is 18.0 Å². The van der Waals surface area contributed by atoms with Gasteiger partial charge in [0.2, 0.25) is 0 Å². The first-order valence-corrected chi connectivity index (χ1v) is 12.9. The summed E-state index contributed by atoms with van der Waals surface area (Å²) in [7, 11) is 0. The lowest BCUT2D eigenvalue weighted by Gasteiger charge is -2.37. The zero-order valence-electron chi connectivity index (χ0n) is 21.4. The van der Waals surface area contributed by atoms with Crippen LogP contribution < -0.4 is 10.6 Å². The first kappa shape index (κ1) is 28.8. The molecule has 4 atom stereocenters. The number of amides is 1. The molecule has 10 heteroatoms. The first-order chi connectivity index (χ1) is 18.4. The molecule has 3 aromatic rings. The van der Waals surface area contributed by atoms with Crippen LogP contribution in [0.25, 0.3) is 0 Å². The van der Waals surface area contributed by atoms with E-state index in [1.807, 2.05) is 20.8 Å². The van der Waals surface area contributed by atoms with Crippen LogP contribution in [0, 0.1) is 34.2 Å². The van der Waals surface area contributed by atoms with Crippen molar-refractivity contribution in [2.24, 2.45) is 5.41 Å². The minimum absolute atomic E-state index is 0.0304. The molecule has 0 aromatic heterocycles. The molecule has 204 valence electrons. The smallest absolute Gasteiger partial charge is 0.413 e. The Morgan fingerprint density at radius 1 is 1.10 bits per heavy atom. The molecule has 0 radical (unpaired) electrons. The number of ether oxygens (including phenoxy) is 1. The molecule has 2 N–H and O–H groups in total. The van der Waals surface area contributed by atoms with E-state index >= 15 is 8.78 Å². The highest BCUT2D eigenvalue weighted by Gasteiger charge is 2.61. The number of carbonyl (C=O) groups excluding carboxylic acids is 1. The van der Waals surface area contributed by atoms with Gasteiger partial charge in [0, 0.05) is 22.3 Å². The lowest BCUT2D eigenvalue weighted by atomic mass is 9.63. The number of rotatable bonds is 5. The molecule has 1 saturated heterocycles. The molecule has 39 heavy (non-hydrogen) atoms. The van der Waals surface area contributed by atoms with Gasteiger partial charge in [-0.2, -0.15) is 5.26 Å². The highest BCUT2D eigenvalue weighted by Crippen LogP contribution is 2.53. The third-order valence-electron chi connectivity index (χ3n) is 6.71. The Labute approximate surface area is 234 Å². The summed E-state index contributed by atoms with van der Waals surface area (Å²) in [4.78, 5) is 13.0. The molecule has 1 aliphatic rings. The van der Waals surface area contributed by atoms with Gasteiger partial charge in [0.25, 0.3) is 0 Å². The number of anilines is 1. The Hall–Kier alpha value is -3.25. The number of halogens is 5. The summed E-state index contributed by atoms with van der Waals surface area (Å²) in [6.45, 7) is 5.82. The van der Waals surface area contributed by atoms with Crippen molar-refractivity contribution in [1.29, 1.82) is 5.26 Å². The van der Waals surface area contributed by atoms with Crippen LogP contribution in [0.1, 0.15) is 44.2 Å². The Bertz CT molecular complexity index is 1440. The molecule has 0 bridgehead atoms. The zero-order valence-corrected chi connectivity index (χ0v) is 22.9. The molecule has 0 spiro atoms. The topological polar surface area (TPSA) is 74.2 Å². The van der Waals surface area contributed by atoms with Crippen molar-refractivity contribution >= 4 is 35.0 Å². The van der Waals surface area contributed by atoms with E-state index in [1.165, 1.54) is 48.5 Å². The molecule has 1 amide bonds. The van der Waals surface area contributed by atoms with Crippen molar-refractivity contribution in [2.75, 3.05) is 5.32 Å². The maximum atomic E-state index is 15.6. The van der Waals surface area contributed by atoms with Gasteiger partial charge < -0.3 is 4.74 Å². The van der Waals surface area contributed by atoms with Crippen molar-refractivity contribution in [2.45, 2.75) is 50.8 Å². The summed E-state index contributed by atoms with van der Waals surface area (Å²) in [5.74, 6) is -3.39. The number of carbonyl (C=O) groups is 1. The van der Waals surface area contributed by atoms with E-state index in [2.05, 4.69) is 16.7 Å². The minimum Gasteiger partial charge on any atom is -0.429 e. The second-order valence-corrected chi connectivity index (χ2v) is 11.5. The molecule has 0 unspecified atom stereocenters. The van der Waals surface area contributed by atoms with Gasteiger partial charge in [0.15, 0.2) is 6.23 Å². The van der Waals surface area contributed by atoms with Crippen molar-refractivity contribution in [3.05, 3.63) is 99.3 Å². The lowest BCUT2D eigenvalue weighted by Crippen LogP contribution is -2.44. The predicted molar refractivity (Wildman–Crippen MR) is 144 cm³/mol. The van der Waals surface area contributed by atoms with E-state index in [9.17, 15) is 14.4 Å². The normalized spacial score (nSPS) is 22.8. The largest absolute Gasteiger partial charge is 0.429 e. The third kappa shape index (κ3) is 5.86. The van der Waals surface area contributed by atoms with Gasteiger partial charge in [0.05, 0.1) is 17.0 Å². The van der Waals surface area contributed by atoms with Crippen LogP contribution in [-0.4, -0.2) is 18.4 Å². The summed E-state index contributed by atoms with van der Waals surface area (Å²) in [5, 5.41) is 16.3. The lowest BCUT2D eigenvalue weighted by molar-refractivity contribution is 0.0851. The molecule has 1 heterocycles. The summed E-state index contributed by atoms with van der Waals surface area (Å²) >= 11 is 12.1. The fourth-order valence-corrected chi connectivity index (χ4v) is 5.54. The van der Waals surface area contributed by atoms with Crippen molar-refractivity contribution < 1.29 is 22.7 Å². The van der Waals surface area contributed by atoms with E-state index in [1.54, 1.807) is 0 Å². The van der Waals surface area contributed by atoms with Gasteiger partial charge in [-0.15, -0.1) is 0 Å². The van der Waals surface area contributed by atoms with Crippen LogP contribution in [-0.2, 0) is 10.2 Å². The maximum Gasteiger partial charge on any atom is 0.413 e. The molecule has 3 aromatic carbocycles. The number of nitriles is 1. The van der Waals surface area contributed by atoms with E-state index < -0.39 is 47.1 Å². The quantitative estimate of drug-likeness (QED) is 0.324. The van der Waals surface area contributed by atoms with Crippen LogP contribution in [0.2, 0.25) is 10.0 Å². The fraction of sp³-hybridized carbons (Fsp3) is 0.310. The average Bonchev–Trinajstić information content (AvgIpc) is 3.12. The van der Waals surface area contributed by atoms with Gasteiger partial charge in [0.1, 0.15) is 22.9 Å². The van der Waals surface area contributed by atoms with Crippen LogP contribution in [0.5, 0.6) is 0 Å². The Balaban J connectivity index is 1.88. The van der Waals surface area contributed by atoms with E-state index in [-0.39, 0.29) is 32.3 Å². The van der Waals surface area contributed by atoms with Gasteiger partial charge in [-0.1, -0.05) is 68.2 Å². The van der Waals surface area contributed by atoms with Crippen LogP contribution in [0.3, 0.4) is 0 Å². The number of hydrogen-bond acceptors (Lipinski definition) is 4. The molecule has 1 aliphatic heterocycles. The standard InChI is InChI=1S/C29H26Cl2F3N3O2/c1-28(2,3)14-23-29(15-35,20-11-10-16(30)12-22(20)33)24(19-8-5-9-21(31)25(19)34)26(37-23)39-27(38)36-18-7-4-6-17(32)13-18/h4-13,23-24,26,37H,14H2,1-3H3,(H,36,38)/t23-,24-,26+,29-/m0/s1. The van der Waals surface area contributed by atoms with Gasteiger partial charge in [-0.3, -0.25) is 10.6 Å². The first-order valence-electron chi connectivity index (χ1n) is 12.2. The van der Waals surface area contributed by atoms with Crippen molar-refractivity contribution in [1.82, 2.24) is 5.32 Å². The SMILES string of the molecule is CC(C)(C)C[C@@H]1N[C@H](OC(=O)Nc2cccc(F)c2)[C@H](c2cccc(Cl)c2F)[C@@]1(C#N)c1ccc(Cl)cc1F. The third-order valence-corrected chi connectivity index (χ3v) is 7.24. The highest BCUT2D eigenvalue weighted by molar-refractivity contribution is 6.31. The number of nitrogens with zero attached hydrogens (tertiary/aromatic N) is 1. The minimum atomic E-state index is -1.75. The molecule has 0 saturated carbocycles. The summed E-state index contributed by atoms with van der Waals surface area (Å²) in [5.41, 5.74) is -2.07. The van der Waals surface area contributed by atoms with E-state index in [0.29, 0.717) is 6.42 Å². The van der Waals surface area contributed by atoms with Crippen LogP contribution >= 0.6 is 23.2 Å². The Morgan fingerprint density at radius 3 is 2.46 bits per heavy atom. The van der Waals surface area contributed by atoms with Crippen molar-refractivity contribution in [3.63, 3.8) is 0 Å². The number of benzene rings is 3. The second-order valence-electron chi connectivity index (χ2n) is 10.7. The summed E-state index contributed by atoms with van der Waals surface area (Å²) < 4.78 is 50.6. The van der Waals surface area contributed by atoms with Gasteiger partial charge in [-0.05, 0) is 53.8 Å². The predicted octanol–water partition coefficient (Wildman–Crippen LogP) is 7.94. The molecule has 5 nitrogen and oxygen atoms in total. The van der Waals surface area contributed by atoms with E-state index in [0.717, 1.165) is 12.1 Å². The second kappa shape index (κ2) is 11.1. The van der Waals surface area contributed by atoms with Crippen LogP contribution in [0.4, 0.5) is 23.7 Å². The fourth-order valence-electron chi connectivity index (χ4n) is 5.20. The molecular weight excluding hydrogens is 550 g/mol. The number of nitrogens with one attached hydrogen (secondary N) is 2. The highest BCUT2D eigenvalue weighted by atomic mass is 35.5. The summed E-state index contributed by atoms with van der Waals surface area (Å²) in [6.07, 6.45) is -1.95. The Kier molecular flexibility index (Phi) is 8.17. The van der Waals surface area contributed by atoms with E-state index in [4.69, 9.17) is 27.9 Å². The number of hydrogen-bond donors (Lipinski definition) is 2. The summed E-state index contributed by atoms with van der Waals surface area (Å²) in [6, 6.07) is 14.9. The maximum absolute atomic E-state index is 15.6. The van der Waals surface area contributed by atoms with Gasteiger partial charge >= 0.3 is 6.09 Å². The average molecular weight is 576 g/mol. The molecule has 0 aliphatic carbocycles. The molecule has 4 rings (SSSR count). The van der Waals surface area contributed by atoms with Crippen molar-refractivity contribution in [3.8, 4) is 6.07 Å². The molecule has 1 fully saturated rings. The monoisotopic (exact) mass is 575 g/mol. The Morgan fingerprint density at radius 2 is 1.82 bits per heavy atom. The molecular formula is C29H26Cl2F3N3O2.